The molecule has 1 N–H and O–H groups in total. The summed E-state index contributed by atoms with van der Waals surface area (Å²) in [6, 6.07) is 7.95. The molecule has 0 heterocycles. The van der Waals surface area contributed by atoms with Crippen molar-refractivity contribution in [2.24, 2.45) is 11.8 Å². The van der Waals surface area contributed by atoms with Crippen LogP contribution in [0.4, 0.5) is 5.69 Å². The zero-order chi connectivity index (χ0) is 29.2. The van der Waals surface area contributed by atoms with Crippen molar-refractivity contribution in [2.45, 2.75) is 138 Å². The van der Waals surface area contributed by atoms with Gasteiger partial charge in [-0.15, -0.1) is 0 Å². The molecule has 0 aromatic heterocycles. The van der Waals surface area contributed by atoms with Gasteiger partial charge in [-0.05, 0) is 80.6 Å². The first-order valence-electron chi connectivity index (χ1n) is 15.5. The van der Waals surface area contributed by atoms with Crippen LogP contribution in [-0.4, -0.2) is 28.4 Å². The molecule has 1 aromatic carbocycles. The van der Waals surface area contributed by atoms with Gasteiger partial charge in [0.1, 0.15) is 5.54 Å². The second-order valence-corrected chi connectivity index (χ2v) is 12.3. The van der Waals surface area contributed by atoms with Gasteiger partial charge < -0.3 is 5.11 Å². The van der Waals surface area contributed by atoms with Crippen LogP contribution in [0.1, 0.15) is 125 Å². The molecule has 0 aliphatic heterocycles. The molecule has 4 heteroatoms. The third-order valence-corrected chi connectivity index (χ3v) is 8.42. The first-order chi connectivity index (χ1) is 18.5. The fourth-order valence-electron chi connectivity index (χ4n) is 6.30. The third-order valence-electron chi connectivity index (χ3n) is 8.42. The Labute approximate surface area is 239 Å². The molecular formula is C35H55NO3. The number of aliphatic hydroxyl groups is 1. The fourth-order valence-corrected chi connectivity index (χ4v) is 6.30. The van der Waals surface area contributed by atoms with Crippen LogP contribution in [0.25, 0.3) is 0 Å². The van der Waals surface area contributed by atoms with Gasteiger partial charge in [0.15, 0.2) is 5.78 Å². The van der Waals surface area contributed by atoms with Crippen LogP contribution in [0.3, 0.4) is 0 Å². The van der Waals surface area contributed by atoms with Crippen molar-refractivity contribution in [2.75, 3.05) is 4.90 Å². The van der Waals surface area contributed by atoms with E-state index < -0.39 is 11.6 Å². The number of rotatable bonds is 16. The maximum Gasteiger partial charge on any atom is 0.224 e. The summed E-state index contributed by atoms with van der Waals surface area (Å²) in [5, 5.41) is 11.3. The van der Waals surface area contributed by atoms with Crippen LogP contribution in [-0.2, 0) is 9.59 Å². The molecule has 1 unspecified atom stereocenters. The van der Waals surface area contributed by atoms with Gasteiger partial charge in [-0.2, -0.15) is 0 Å². The van der Waals surface area contributed by atoms with E-state index in [1.807, 2.05) is 31.2 Å². The van der Waals surface area contributed by atoms with Gasteiger partial charge in [0.25, 0.3) is 0 Å². The molecule has 0 radical (unpaired) electrons. The Kier molecular flexibility index (Phi) is 13.2. The second-order valence-electron chi connectivity index (χ2n) is 12.3. The summed E-state index contributed by atoms with van der Waals surface area (Å²) >= 11 is 0. The average molecular weight is 538 g/mol. The number of amides is 1. The number of hydrogen-bond donors (Lipinski definition) is 1. The highest BCUT2D eigenvalue weighted by Gasteiger charge is 2.44. The van der Waals surface area contributed by atoms with Gasteiger partial charge in [-0.25, -0.2) is 0 Å². The van der Waals surface area contributed by atoms with Gasteiger partial charge in [0, 0.05) is 19.0 Å². The smallest absolute Gasteiger partial charge is 0.224 e. The molecule has 1 aliphatic rings. The topological polar surface area (TPSA) is 57.6 Å². The maximum absolute atomic E-state index is 14.3. The van der Waals surface area contributed by atoms with Crippen LogP contribution in [0, 0.1) is 18.8 Å². The van der Waals surface area contributed by atoms with Gasteiger partial charge in [0.2, 0.25) is 5.91 Å². The summed E-state index contributed by atoms with van der Waals surface area (Å²) in [5.74, 6) is 0.851. The number of Topliss-reactive ketones (excluding diaryl/α,β-unsaturated/α-hetero) is 1. The molecule has 1 aliphatic carbocycles. The molecule has 0 saturated heterocycles. The van der Waals surface area contributed by atoms with Crippen molar-refractivity contribution in [3.63, 3.8) is 0 Å². The molecule has 0 fully saturated rings. The molecule has 1 atom stereocenters. The number of aliphatic hydroxyl groups excluding tert-OH is 1. The van der Waals surface area contributed by atoms with E-state index >= 15 is 0 Å². The van der Waals surface area contributed by atoms with E-state index in [9.17, 15) is 14.7 Å². The van der Waals surface area contributed by atoms with Crippen LogP contribution >= 0.6 is 0 Å². The zero-order valence-electron chi connectivity index (χ0n) is 26.1. The molecule has 0 bridgehead atoms. The number of hydrogen-bond acceptors (Lipinski definition) is 3. The Hall–Kier alpha value is -2.20. The first kappa shape index (κ1) is 33.0. The number of unbranched alkanes of at least 4 members (excludes halogenated alkanes) is 2. The monoisotopic (exact) mass is 537 g/mol. The third kappa shape index (κ3) is 8.64. The summed E-state index contributed by atoms with van der Waals surface area (Å²) in [6.45, 7) is 16.8. The van der Waals surface area contributed by atoms with Gasteiger partial charge in [-0.1, -0.05) is 96.6 Å². The lowest BCUT2D eigenvalue weighted by Crippen LogP contribution is -2.57. The van der Waals surface area contributed by atoms with Crippen molar-refractivity contribution in [3.05, 3.63) is 52.6 Å². The van der Waals surface area contributed by atoms with Crippen molar-refractivity contribution in [1.29, 1.82) is 0 Å². The van der Waals surface area contributed by atoms with Gasteiger partial charge in [0.05, 0.1) is 6.10 Å². The second kappa shape index (κ2) is 15.6. The standard InChI is InChI=1S/C35H55NO3/c1-9-11-22-35(23-12-10-2,36(28(8)37)29-18-16-27(7)17-19-29)34(39)21-20-30(38)24-33-31(25(3)4)14-13-15-32(33)26(5)6/h14,16-19,25-26,30,38H,9-13,15,20-24H2,1-8H3. The van der Waals surface area contributed by atoms with E-state index in [4.69, 9.17) is 0 Å². The predicted molar refractivity (Wildman–Crippen MR) is 165 cm³/mol. The average Bonchev–Trinajstić information content (AvgIpc) is 2.89. The first-order valence-corrected chi connectivity index (χ1v) is 15.5. The minimum atomic E-state index is -0.886. The minimum Gasteiger partial charge on any atom is -0.393 e. The summed E-state index contributed by atoms with van der Waals surface area (Å²) in [7, 11) is 0. The van der Waals surface area contributed by atoms with E-state index in [2.05, 4.69) is 47.6 Å². The zero-order valence-corrected chi connectivity index (χ0v) is 26.1. The molecule has 0 saturated carbocycles. The van der Waals surface area contributed by atoms with Crippen LogP contribution in [0.5, 0.6) is 0 Å². The molecule has 2 rings (SSSR count). The fraction of sp³-hybridized carbons (Fsp3) is 0.657. The minimum absolute atomic E-state index is 0.0838. The summed E-state index contributed by atoms with van der Waals surface area (Å²) in [5.41, 5.74) is 5.14. The van der Waals surface area contributed by atoms with Crippen molar-refractivity contribution < 1.29 is 14.7 Å². The van der Waals surface area contributed by atoms with Crippen molar-refractivity contribution >= 4 is 17.4 Å². The number of allylic oxidation sites excluding steroid dienone is 3. The van der Waals surface area contributed by atoms with Gasteiger partial charge in [-0.3, -0.25) is 14.5 Å². The number of carbonyl (C=O) groups is 2. The number of carbonyl (C=O) groups excluding carboxylic acids is 2. The van der Waals surface area contributed by atoms with E-state index in [0.29, 0.717) is 37.5 Å². The van der Waals surface area contributed by atoms with Gasteiger partial charge >= 0.3 is 0 Å². The number of nitrogens with zero attached hydrogens (tertiary/aromatic N) is 1. The Bertz CT molecular complexity index is 991. The highest BCUT2D eigenvalue weighted by atomic mass is 16.3. The van der Waals surface area contributed by atoms with E-state index in [-0.39, 0.29) is 18.1 Å². The molecule has 39 heavy (non-hydrogen) atoms. The number of anilines is 1. The lowest BCUT2D eigenvalue weighted by atomic mass is 9.77. The quantitative estimate of drug-likeness (QED) is 0.229. The van der Waals surface area contributed by atoms with E-state index in [1.54, 1.807) is 11.8 Å². The van der Waals surface area contributed by atoms with E-state index in [1.165, 1.54) is 16.7 Å². The normalized spacial score (nSPS) is 15.1. The highest BCUT2D eigenvalue weighted by molar-refractivity contribution is 6.03. The van der Waals surface area contributed by atoms with Crippen LogP contribution in [0.2, 0.25) is 0 Å². The summed E-state index contributed by atoms with van der Waals surface area (Å²) < 4.78 is 0. The molecule has 0 spiro atoms. The lowest BCUT2D eigenvalue weighted by Gasteiger charge is -2.43. The summed E-state index contributed by atoms with van der Waals surface area (Å²) in [4.78, 5) is 29.3. The highest BCUT2D eigenvalue weighted by Crippen LogP contribution is 2.39. The van der Waals surface area contributed by atoms with Crippen molar-refractivity contribution in [3.8, 4) is 0 Å². The number of benzene rings is 1. The largest absolute Gasteiger partial charge is 0.393 e. The van der Waals surface area contributed by atoms with Crippen molar-refractivity contribution in [1.82, 2.24) is 0 Å². The lowest BCUT2D eigenvalue weighted by molar-refractivity contribution is -0.129. The molecule has 4 nitrogen and oxygen atoms in total. The van der Waals surface area contributed by atoms with E-state index in [0.717, 1.165) is 49.8 Å². The Morgan fingerprint density at radius 1 is 0.974 bits per heavy atom. The Morgan fingerprint density at radius 3 is 2.05 bits per heavy atom. The van der Waals surface area contributed by atoms with Crippen LogP contribution in [0.15, 0.2) is 47.1 Å². The van der Waals surface area contributed by atoms with Crippen LogP contribution < -0.4 is 4.90 Å². The Morgan fingerprint density at radius 2 is 1.56 bits per heavy atom. The molecular weight excluding hydrogens is 482 g/mol. The number of ketones is 1. The Balaban J connectivity index is 2.38. The number of aryl methyl sites for hydroxylation is 1. The molecule has 1 aromatic rings. The predicted octanol–water partition coefficient (Wildman–Crippen LogP) is 8.90. The SMILES string of the molecule is CCCCC(CCCC)(C(=O)CCC(O)CC1=C(C(C)C)CCC=C1C(C)C)N(C(C)=O)c1ccc(C)cc1. The molecule has 218 valence electrons. The summed E-state index contributed by atoms with van der Waals surface area (Å²) in [6.07, 6.45) is 10.1. The molecule has 1 amide bonds. The maximum atomic E-state index is 14.3.